The first-order chi connectivity index (χ1) is 5.77. The molecule has 0 aliphatic rings. The van der Waals surface area contributed by atoms with E-state index in [9.17, 15) is 4.79 Å². The van der Waals surface area contributed by atoms with Gasteiger partial charge in [-0.1, -0.05) is 0 Å². The van der Waals surface area contributed by atoms with Crippen molar-refractivity contribution >= 4 is 23.7 Å². The van der Waals surface area contributed by atoms with Crippen LogP contribution in [-0.2, 0) is 0 Å². The highest BCUT2D eigenvalue weighted by molar-refractivity contribution is 6.28. The third kappa shape index (κ3) is 1.92. The number of nitrogens with one attached hydrogen (secondary N) is 1. The molecule has 1 heterocycles. The molecular formula is C7H8ClN3O. The van der Waals surface area contributed by atoms with Crippen molar-refractivity contribution in [3.63, 3.8) is 0 Å². The molecule has 0 saturated carbocycles. The number of hydrogen-bond donors (Lipinski definition) is 1. The van der Waals surface area contributed by atoms with Gasteiger partial charge in [0.05, 0.1) is 5.56 Å². The third-order valence-electron chi connectivity index (χ3n) is 1.26. The second-order valence-corrected chi connectivity index (χ2v) is 2.43. The summed E-state index contributed by atoms with van der Waals surface area (Å²) in [6.45, 7) is 2.60. The minimum absolute atomic E-state index is 0.136. The van der Waals surface area contributed by atoms with Crippen molar-refractivity contribution in [2.75, 3.05) is 11.9 Å². The number of nitrogens with zero attached hydrogens (tertiary/aromatic N) is 2. The summed E-state index contributed by atoms with van der Waals surface area (Å²) in [7, 11) is 0. The van der Waals surface area contributed by atoms with E-state index in [4.69, 9.17) is 11.6 Å². The van der Waals surface area contributed by atoms with Gasteiger partial charge in [0.15, 0.2) is 6.29 Å². The van der Waals surface area contributed by atoms with Gasteiger partial charge in [-0.3, -0.25) is 4.79 Å². The quantitative estimate of drug-likeness (QED) is 0.571. The van der Waals surface area contributed by atoms with Crippen molar-refractivity contribution in [2.24, 2.45) is 0 Å². The summed E-state index contributed by atoms with van der Waals surface area (Å²) < 4.78 is 0. The highest BCUT2D eigenvalue weighted by Gasteiger charge is 2.02. The van der Waals surface area contributed by atoms with Crippen LogP contribution in [0.5, 0.6) is 0 Å². The van der Waals surface area contributed by atoms with Gasteiger partial charge in [-0.2, -0.15) is 0 Å². The monoisotopic (exact) mass is 185 g/mol. The molecule has 0 aromatic carbocycles. The SMILES string of the molecule is CCNc1nc(Cl)ncc1C=O. The molecule has 64 valence electrons. The Labute approximate surface area is 75.0 Å². The third-order valence-corrected chi connectivity index (χ3v) is 1.44. The number of carbonyl (C=O) groups is 1. The topological polar surface area (TPSA) is 54.9 Å². The molecule has 0 amide bonds. The molecule has 0 saturated heterocycles. The average Bonchev–Trinajstić information content (AvgIpc) is 2.05. The van der Waals surface area contributed by atoms with Crippen LogP contribution in [0.15, 0.2) is 6.20 Å². The Balaban J connectivity index is 3.03. The van der Waals surface area contributed by atoms with Gasteiger partial charge in [0, 0.05) is 12.7 Å². The molecule has 0 bridgehead atoms. The van der Waals surface area contributed by atoms with Crippen molar-refractivity contribution in [2.45, 2.75) is 6.92 Å². The molecule has 0 atom stereocenters. The van der Waals surface area contributed by atoms with Crippen LogP contribution in [0.2, 0.25) is 5.28 Å². The molecule has 0 spiro atoms. The molecule has 0 radical (unpaired) electrons. The zero-order valence-electron chi connectivity index (χ0n) is 6.54. The number of halogens is 1. The lowest BCUT2D eigenvalue weighted by Gasteiger charge is -2.03. The normalized spacial score (nSPS) is 9.50. The molecular weight excluding hydrogens is 178 g/mol. The lowest BCUT2D eigenvalue weighted by Crippen LogP contribution is -2.03. The Morgan fingerprint density at radius 3 is 3.08 bits per heavy atom. The van der Waals surface area contributed by atoms with E-state index >= 15 is 0 Å². The van der Waals surface area contributed by atoms with Crippen LogP contribution in [0, 0.1) is 0 Å². The van der Waals surface area contributed by atoms with E-state index in [1.54, 1.807) is 0 Å². The lowest BCUT2D eigenvalue weighted by atomic mass is 10.3. The van der Waals surface area contributed by atoms with Crippen molar-refractivity contribution < 1.29 is 4.79 Å². The van der Waals surface area contributed by atoms with E-state index in [0.29, 0.717) is 24.2 Å². The van der Waals surface area contributed by atoms with Gasteiger partial charge in [-0.15, -0.1) is 0 Å². The number of aromatic nitrogens is 2. The van der Waals surface area contributed by atoms with Crippen molar-refractivity contribution in [3.05, 3.63) is 17.0 Å². The number of hydrogen-bond acceptors (Lipinski definition) is 4. The minimum Gasteiger partial charge on any atom is -0.370 e. The van der Waals surface area contributed by atoms with Crippen LogP contribution in [0.4, 0.5) is 5.82 Å². The second kappa shape index (κ2) is 4.01. The first kappa shape index (κ1) is 8.93. The number of aldehydes is 1. The average molecular weight is 186 g/mol. The summed E-state index contributed by atoms with van der Waals surface area (Å²) in [5, 5.41) is 3.04. The molecule has 0 unspecified atom stereocenters. The van der Waals surface area contributed by atoms with Crippen LogP contribution < -0.4 is 5.32 Å². The van der Waals surface area contributed by atoms with Crippen molar-refractivity contribution in [1.82, 2.24) is 9.97 Å². The van der Waals surface area contributed by atoms with E-state index in [2.05, 4.69) is 15.3 Å². The van der Waals surface area contributed by atoms with Crippen molar-refractivity contribution in [3.8, 4) is 0 Å². The molecule has 1 aromatic heterocycles. The molecule has 1 rings (SSSR count). The Bertz CT molecular complexity index is 290. The van der Waals surface area contributed by atoms with Gasteiger partial charge in [-0.25, -0.2) is 9.97 Å². The largest absolute Gasteiger partial charge is 0.370 e. The number of rotatable bonds is 3. The highest BCUT2D eigenvalue weighted by Crippen LogP contribution is 2.11. The van der Waals surface area contributed by atoms with Gasteiger partial charge >= 0.3 is 0 Å². The maximum Gasteiger partial charge on any atom is 0.224 e. The zero-order chi connectivity index (χ0) is 8.97. The van der Waals surface area contributed by atoms with E-state index in [1.807, 2.05) is 6.92 Å². The van der Waals surface area contributed by atoms with Crippen molar-refractivity contribution in [1.29, 1.82) is 0 Å². The van der Waals surface area contributed by atoms with Crippen LogP contribution in [0.3, 0.4) is 0 Å². The maximum absolute atomic E-state index is 10.5. The fraction of sp³-hybridized carbons (Fsp3) is 0.286. The lowest BCUT2D eigenvalue weighted by molar-refractivity contribution is 0.112. The molecule has 0 fully saturated rings. The van der Waals surface area contributed by atoms with E-state index in [-0.39, 0.29) is 5.28 Å². The number of carbonyl (C=O) groups excluding carboxylic acids is 1. The molecule has 0 aliphatic carbocycles. The fourth-order valence-corrected chi connectivity index (χ4v) is 0.898. The Morgan fingerprint density at radius 1 is 1.75 bits per heavy atom. The molecule has 12 heavy (non-hydrogen) atoms. The summed E-state index contributed by atoms with van der Waals surface area (Å²) in [5.74, 6) is 0.479. The smallest absolute Gasteiger partial charge is 0.224 e. The Morgan fingerprint density at radius 2 is 2.50 bits per heavy atom. The summed E-state index contributed by atoms with van der Waals surface area (Å²) in [6, 6.07) is 0. The van der Waals surface area contributed by atoms with E-state index < -0.39 is 0 Å². The standard InChI is InChI=1S/C7H8ClN3O/c1-2-9-6-5(4-12)3-10-7(8)11-6/h3-4H,2H2,1H3,(H,9,10,11). The Hall–Kier alpha value is -1.16. The molecule has 1 aromatic rings. The summed E-state index contributed by atoms with van der Waals surface area (Å²) in [6.07, 6.45) is 2.08. The highest BCUT2D eigenvalue weighted by atomic mass is 35.5. The fourth-order valence-electron chi connectivity index (χ4n) is 0.765. The van der Waals surface area contributed by atoms with Gasteiger partial charge in [0.2, 0.25) is 5.28 Å². The number of anilines is 1. The molecule has 0 aliphatic heterocycles. The maximum atomic E-state index is 10.5. The van der Waals surface area contributed by atoms with E-state index in [0.717, 1.165) is 0 Å². The van der Waals surface area contributed by atoms with Crippen LogP contribution in [0.1, 0.15) is 17.3 Å². The van der Waals surface area contributed by atoms with Crippen LogP contribution in [0.25, 0.3) is 0 Å². The summed E-state index contributed by atoms with van der Waals surface area (Å²) >= 11 is 5.53. The first-order valence-electron chi connectivity index (χ1n) is 3.49. The van der Waals surface area contributed by atoms with E-state index in [1.165, 1.54) is 6.20 Å². The minimum atomic E-state index is 0.136. The molecule has 5 heteroatoms. The summed E-state index contributed by atoms with van der Waals surface area (Å²) in [4.78, 5) is 18.0. The van der Waals surface area contributed by atoms with Gasteiger partial charge < -0.3 is 5.32 Å². The van der Waals surface area contributed by atoms with Gasteiger partial charge in [-0.05, 0) is 18.5 Å². The predicted octanol–water partition coefficient (Wildman–Crippen LogP) is 1.37. The van der Waals surface area contributed by atoms with Crippen LogP contribution >= 0.6 is 11.6 Å². The molecule has 4 nitrogen and oxygen atoms in total. The molecule has 1 N–H and O–H groups in total. The van der Waals surface area contributed by atoms with Gasteiger partial charge in [0.1, 0.15) is 5.82 Å². The second-order valence-electron chi connectivity index (χ2n) is 2.09. The zero-order valence-corrected chi connectivity index (χ0v) is 7.30. The predicted molar refractivity (Wildman–Crippen MR) is 46.6 cm³/mol. The van der Waals surface area contributed by atoms with Gasteiger partial charge in [0.25, 0.3) is 0 Å². The Kier molecular flexibility index (Phi) is 2.99. The first-order valence-corrected chi connectivity index (χ1v) is 3.87. The summed E-state index contributed by atoms with van der Waals surface area (Å²) in [5.41, 5.74) is 0.418. The van der Waals surface area contributed by atoms with Crippen LogP contribution in [-0.4, -0.2) is 22.8 Å².